The first kappa shape index (κ1) is 19.8. The first-order valence-corrected chi connectivity index (χ1v) is 11.6. The maximum absolute atomic E-state index is 12.8. The number of carbonyl (C=O) groups is 2. The average Bonchev–Trinajstić information content (AvgIpc) is 3.15. The molecule has 0 saturated carbocycles. The Hall–Kier alpha value is -1.93. The van der Waals surface area contributed by atoms with Crippen LogP contribution in [0.2, 0.25) is 0 Å². The highest BCUT2D eigenvalue weighted by Crippen LogP contribution is 2.31. The number of rotatable bonds is 5. The van der Waals surface area contributed by atoms with E-state index < -0.39 is 21.9 Å². The number of ether oxygens (including phenoxy) is 1. The predicted molar refractivity (Wildman–Crippen MR) is 106 cm³/mol. The number of likely N-dealkylation sites (N-methyl/N-ethyl adjacent to an activating group) is 1. The molecule has 1 saturated heterocycles. The largest absolute Gasteiger partial charge is 0.448 e. The molecule has 3 rings (SSSR count). The molecule has 1 fully saturated rings. The minimum absolute atomic E-state index is 0.0251. The Balaban J connectivity index is 1.73. The predicted octanol–water partition coefficient (Wildman–Crippen LogP) is 2.79. The SMILES string of the molecule is CCN(C(=O)[C@@H](C)OC(=O)c1sc2ccccc2c1C)[C@H]1CCS(=O)(=O)C1. The van der Waals surface area contributed by atoms with Gasteiger partial charge in [-0.25, -0.2) is 13.2 Å². The molecule has 0 unspecified atom stereocenters. The molecule has 0 aliphatic carbocycles. The van der Waals surface area contributed by atoms with Crippen molar-refractivity contribution in [3.05, 3.63) is 34.7 Å². The van der Waals surface area contributed by atoms with Crippen LogP contribution in [0, 0.1) is 6.92 Å². The number of esters is 1. The van der Waals surface area contributed by atoms with Crippen LogP contribution in [0.1, 0.15) is 35.5 Å². The standard InChI is InChI=1S/C19H23NO5S2/c1-4-20(14-9-10-27(23,24)11-14)18(21)13(3)25-19(22)17-12(2)15-7-5-6-8-16(15)26-17/h5-8,13-14H,4,9-11H2,1-3H3/t13-,14+/m1/s1. The second-order valence-electron chi connectivity index (χ2n) is 6.78. The van der Waals surface area contributed by atoms with E-state index in [9.17, 15) is 18.0 Å². The van der Waals surface area contributed by atoms with Crippen LogP contribution < -0.4 is 0 Å². The lowest BCUT2D eigenvalue weighted by Crippen LogP contribution is -2.46. The quantitative estimate of drug-likeness (QED) is 0.710. The van der Waals surface area contributed by atoms with Gasteiger partial charge in [0, 0.05) is 17.3 Å². The van der Waals surface area contributed by atoms with E-state index in [2.05, 4.69) is 0 Å². The Kier molecular flexibility index (Phi) is 5.58. The molecule has 146 valence electrons. The lowest BCUT2D eigenvalue weighted by atomic mass is 10.1. The molecule has 0 N–H and O–H groups in total. The Morgan fingerprint density at radius 2 is 2.04 bits per heavy atom. The van der Waals surface area contributed by atoms with Crippen LogP contribution in [0.15, 0.2) is 24.3 Å². The van der Waals surface area contributed by atoms with Gasteiger partial charge in [-0.15, -0.1) is 11.3 Å². The molecule has 8 heteroatoms. The van der Waals surface area contributed by atoms with Crippen molar-refractivity contribution in [1.29, 1.82) is 0 Å². The second-order valence-corrected chi connectivity index (χ2v) is 10.1. The number of benzene rings is 1. The van der Waals surface area contributed by atoms with Crippen molar-refractivity contribution in [3.8, 4) is 0 Å². The molecule has 27 heavy (non-hydrogen) atoms. The van der Waals surface area contributed by atoms with Crippen molar-refractivity contribution in [1.82, 2.24) is 4.90 Å². The number of amides is 1. The Labute approximate surface area is 163 Å². The summed E-state index contributed by atoms with van der Waals surface area (Å²) in [4.78, 5) is 27.4. The zero-order valence-electron chi connectivity index (χ0n) is 15.6. The summed E-state index contributed by atoms with van der Waals surface area (Å²) >= 11 is 1.35. The summed E-state index contributed by atoms with van der Waals surface area (Å²) in [5.41, 5.74) is 0.842. The van der Waals surface area contributed by atoms with Crippen molar-refractivity contribution in [2.45, 2.75) is 39.3 Å². The van der Waals surface area contributed by atoms with E-state index in [0.29, 0.717) is 17.8 Å². The Bertz CT molecular complexity index is 979. The van der Waals surface area contributed by atoms with E-state index in [1.165, 1.54) is 23.2 Å². The number of fused-ring (bicyclic) bond motifs is 1. The second kappa shape index (κ2) is 7.59. The van der Waals surface area contributed by atoms with E-state index in [-0.39, 0.29) is 23.5 Å². The smallest absolute Gasteiger partial charge is 0.349 e. The molecule has 0 radical (unpaired) electrons. The minimum Gasteiger partial charge on any atom is -0.448 e. The highest BCUT2D eigenvalue weighted by molar-refractivity contribution is 7.91. The Morgan fingerprint density at radius 1 is 1.33 bits per heavy atom. The van der Waals surface area contributed by atoms with E-state index in [4.69, 9.17) is 4.74 Å². The van der Waals surface area contributed by atoms with Crippen LogP contribution in [0.5, 0.6) is 0 Å². The van der Waals surface area contributed by atoms with Gasteiger partial charge in [-0.2, -0.15) is 0 Å². The van der Waals surface area contributed by atoms with E-state index in [0.717, 1.165) is 15.6 Å². The number of sulfone groups is 1. The molecule has 1 aliphatic rings. The highest BCUT2D eigenvalue weighted by atomic mass is 32.2. The highest BCUT2D eigenvalue weighted by Gasteiger charge is 2.36. The van der Waals surface area contributed by atoms with Crippen molar-refractivity contribution in [2.24, 2.45) is 0 Å². The van der Waals surface area contributed by atoms with Gasteiger partial charge in [0.1, 0.15) is 4.88 Å². The van der Waals surface area contributed by atoms with Crippen LogP contribution in [-0.2, 0) is 19.4 Å². The van der Waals surface area contributed by atoms with Gasteiger partial charge < -0.3 is 9.64 Å². The summed E-state index contributed by atoms with van der Waals surface area (Å²) in [6, 6.07) is 7.37. The number of nitrogens with zero attached hydrogens (tertiary/aromatic N) is 1. The van der Waals surface area contributed by atoms with Crippen molar-refractivity contribution >= 4 is 43.1 Å². The fourth-order valence-corrected chi connectivity index (χ4v) is 6.31. The minimum atomic E-state index is -3.10. The van der Waals surface area contributed by atoms with Gasteiger partial charge in [-0.1, -0.05) is 18.2 Å². The van der Waals surface area contributed by atoms with Gasteiger partial charge in [0.05, 0.1) is 11.5 Å². The summed E-state index contributed by atoms with van der Waals surface area (Å²) in [6.07, 6.45) is -0.539. The van der Waals surface area contributed by atoms with Gasteiger partial charge in [0.25, 0.3) is 5.91 Å². The van der Waals surface area contributed by atoms with Crippen LogP contribution in [0.4, 0.5) is 0 Å². The molecule has 2 atom stereocenters. The number of hydrogen-bond acceptors (Lipinski definition) is 6. The fourth-order valence-electron chi connectivity index (χ4n) is 3.48. The van der Waals surface area contributed by atoms with Crippen molar-refractivity contribution in [2.75, 3.05) is 18.1 Å². The summed E-state index contributed by atoms with van der Waals surface area (Å²) < 4.78 is 29.9. The topological polar surface area (TPSA) is 80.8 Å². The molecule has 2 aromatic rings. The molecule has 2 heterocycles. The molecule has 1 amide bonds. The molecule has 1 aromatic carbocycles. The molecule has 0 spiro atoms. The van der Waals surface area contributed by atoms with Crippen LogP contribution in [0.3, 0.4) is 0 Å². The lowest BCUT2D eigenvalue weighted by molar-refractivity contribution is -0.141. The number of carbonyl (C=O) groups excluding carboxylic acids is 2. The monoisotopic (exact) mass is 409 g/mol. The number of hydrogen-bond donors (Lipinski definition) is 0. The number of aryl methyl sites for hydroxylation is 1. The van der Waals surface area contributed by atoms with E-state index in [1.54, 1.807) is 6.92 Å². The van der Waals surface area contributed by atoms with Crippen LogP contribution >= 0.6 is 11.3 Å². The summed E-state index contributed by atoms with van der Waals surface area (Å²) in [5, 5.41) is 1.000. The van der Waals surface area contributed by atoms with E-state index in [1.807, 2.05) is 31.2 Å². The lowest BCUT2D eigenvalue weighted by Gasteiger charge is -2.29. The maximum Gasteiger partial charge on any atom is 0.349 e. The third kappa shape index (κ3) is 4.01. The third-order valence-corrected chi connectivity index (χ3v) is 7.94. The summed E-state index contributed by atoms with van der Waals surface area (Å²) in [5.74, 6) is -0.810. The molecule has 1 aliphatic heterocycles. The van der Waals surface area contributed by atoms with Gasteiger partial charge >= 0.3 is 5.97 Å². The zero-order valence-corrected chi connectivity index (χ0v) is 17.2. The maximum atomic E-state index is 12.8. The summed E-state index contributed by atoms with van der Waals surface area (Å²) in [6.45, 7) is 5.58. The van der Waals surface area contributed by atoms with Crippen molar-refractivity contribution < 1.29 is 22.7 Å². The van der Waals surface area contributed by atoms with Crippen LogP contribution in [0.25, 0.3) is 10.1 Å². The first-order valence-electron chi connectivity index (χ1n) is 8.93. The first-order chi connectivity index (χ1) is 12.7. The molecular weight excluding hydrogens is 386 g/mol. The van der Waals surface area contributed by atoms with Crippen LogP contribution in [-0.4, -0.2) is 55.4 Å². The molecule has 1 aromatic heterocycles. The third-order valence-electron chi connectivity index (χ3n) is 4.93. The fraction of sp³-hybridized carbons (Fsp3) is 0.474. The van der Waals surface area contributed by atoms with Gasteiger partial charge in [0.15, 0.2) is 15.9 Å². The van der Waals surface area contributed by atoms with Crippen molar-refractivity contribution in [3.63, 3.8) is 0 Å². The van der Waals surface area contributed by atoms with E-state index >= 15 is 0 Å². The van der Waals surface area contributed by atoms with Gasteiger partial charge in [0.2, 0.25) is 0 Å². The number of thiophene rings is 1. The molecule has 0 bridgehead atoms. The molecular formula is C19H23NO5S2. The molecule has 6 nitrogen and oxygen atoms in total. The normalized spacial score (nSPS) is 19.7. The summed E-state index contributed by atoms with van der Waals surface area (Å²) in [7, 11) is -3.10. The van der Waals surface area contributed by atoms with Gasteiger partial charge in [-0.05, 0) is 44.2 Å². The average molecular weight is 410 g/mol. The zero-order chi connectivity index (χ0) is 19.8. The Morgan fingerprint density at radius 3 is 2.63 bits per heavy atom. The van der Waals surface area contributed by atoms with Gasteiger partial charge in [-0.3, -0.25) is 4.79 Å².